The van der Waals surface area contributed by atoms with Gasteiger partial charge in [-0.05, 0) is 59.7 Å². The molecule has 0 aliphatic carbocycles. The molecule has 0 saturated carbocycles. The number of rotatable bonds is 8. The van der Waals surface area contributed by atoms with E-state index in [1.54, 1.807) is 7.11 Å². The molecular weight excluding hydrogens is 553 g/mol. The van der Waals surface area contributed by atoms with E-state index in [0.717, 1.165) is 70.2 Å². The molecule has 6 nitrogen and oxygen atoms in total. The summed E-state index contributed by atoms with van der Waals surface area (Å²) < 4.78 is 5.40. The Morgan fingerprint density at radius 3 is 2.10 bits per heavy atom. The molecule has 5 aromatic rings. The van der Waals surface area contributed by atoms with Crippen molar-refractivity contribution in [3.05, 3.63) is 124 Å². The second-order valence-corrected chi connectivity index (χ2v) is 11.1. The molecule has 1 aliphatic heterocycles. The van der Waals surface area contributed by atoms with E-state index >= 15 is 0 Å². The molecule has 1 fully saturated rings. The number of ether oxygens (including phenoxy) is 1. The minimum absolute atomic E-state index is 0.127. The van der Waals surface area contributed by atoms with Gasteiger partial charge in [0.05, 0.1) is 25.2 Å². The fourth-order valence-corrected chi connectivity index (χ4v) is 5.66. The van der Waals surface area contributed by atoms with Crippen LogP contribution in [0.15, 0.2) is 97.1 Å². The van der Waals surface area contributed by atoms with Gasteiger partial charge in [0.1, 0.15) is 17.4 Å². The quantitative estimate of drug-likeness (QED) is 0.203. The number of halogens is 2. The summed E-state index contributed by atoms with van der Waals surface area (Å²) in [5.41, 5.74) is 4.28. The minimum atomic E-state index is 0.127. The van der Waals surface area contributed by atoms with E-state index in [9.17, 15) is 0 Å². The van der Waals surface area contributed by atoms with Gasteiger partial charge in [0, 0.05) is 53.4 Å². The number of hydrogen-bond acceptors (Lipinski definition) is 6. The first kappa shape index (κ1) is 27.5. The number of piperazine rings is 1. The highest BCUT2D eigenvalue weighted by Gasteiger charge is 2.27. The first-order chi connectivity index (χ1) is 20.1. The zero-order valence-electron chi connectivity index (χ0n) is 22.8. The van der Waals surface area contributed by atoms with Crippen molar-refractivity contribution in [2.75, 3.05) is 38.6 Å². The third-order valence-electron chi connectivity index (χ3n) is 7.49. The van der Waals surface area contributed by atoms with Crippen LogP contribution in [0.25, 0.3) is 10.9 Å². The number of aromatic nitrogens is 2. The van der Waals surface area contributed by atoms with Crippen molar-refractivity contribution in [3.63, 3.8) is 0 Å². The Hall–Kier alpha value is -3.68. The van der Waals surface area contributed by atoms with Gasteiger partial charge in [0.25, 0.3) is 0 Å². The molecule has 1 saturated heterocycles. The average molecular weight is 585 g/mol. The lowest BCUT2D eigenvalue weighted by Gasteiger charge is -2.39. The molecule has 4 aromatic carbocycles. The van der Waals surface area contributed by atoms with Crippen molar-refractivity contribution in [1.82, 2.24) is 19.8 Å². The van der Waals surface area contributed by atoms with E-state index in [1.807, 2.05) is 72.8 Å². The highest BCUT2D eigenvalue weighted by molar-refractivity contribution is 6.30. The zero-order valence-corrected chi connectivity index (χ0v) is 24.3. The van der Waals surface area contributed by atoms with Crippen LogP contribution in [0.4, 0.5) is 11.5 Å². The van der Waals surface area contributed by atoms with Crippen molar-refractivity contribution in [2.45, 2.75) is 12.6 Å². The summed E-state index contributed by atoms with van der Waals surface area (Å²) in [4.78, 5) is 14.8. The zero-order chi connectivity index (χ0) is 28.2. The van der Waals surface area contributed by atoms with Gasteiger partial charge in [-0.1, -0.05) is 65.7 Å². The number of methoxy groups -OCH3 is 1. The molecule has 8 heteroatoms. The fraction of sp³-hybridized carbons (Fsp3) is 0.212. The molecule has 0 bridgehead atoms. The summed E-state index contributed by atoms with van der Waals surface area (Å²) in [7, 11) is 1.67. The summed E-state index contributed by atoms with van der Waals surface area (Å²) in [5, 5.41) is 5.95. The van der Waals surface area contributed by atoms with Crippen LogP contribution in [0, 0.1) is 0 Å². The number of fused-ring (bicyclic) bond motifs is 1. The van der Waals surface area contributed by atoms with E-state index in [4.69, 9.17) is 37.9 Å². The topological polar surface area (TPSA) is 53.5 Å². The number of hydrogen-bond donors (Lipinski definition) is 1. The smallest absolute Gasteiger partial charge is 0.145 e. The fourth-order valence-electron chi connectivity index (χ4n) is 5.41. The molecule has 6 rings (SSSR count). The largest absolute Gasteiger partial charge is 0.497 e. The van der Waals surface area contributed by atoms with Crippen molar-refractivity contribution < 1.29 is 4.74 Å². The monoisotopic (exact) mass is 583 g/mol. The summed E-state index contributed by atoms with van der Waals surface area (Å²) in [6.45, 7) is 4.33. The van der Waals surface area contributed by atoms with Gasteiger partial charge in [-0.25, -0.2) is 9.97 Å². The molecule has 0 amide bonds. The average Bonchev–Trinajstić information content (AvgIpc) is 3.00. The van der Waals surface area contributed by atoms with Crippen molar-refractivity contribution >= 4 is 45.6 Å². The van der Waals surface area contributed by atoms with Gasteiger partial charge in [-0.2, -0.15) is 0 Å². The Kier molecular flexibility index (Phi) is 8.35. The molecular formula is C33H31Cl2N5O. The molecule has 41 heavy (non-hydrogen) atoms. The lowest BCUT2D eigenvalue weighted by atomic mass is 9.96. The standard InChI is InChI=1S/C33H31Cl2N5O/c1-41-28-6-4-5-27(21-28)36-33-29-7-2-3-8-30(29)37-31(38-33)22-39-17-19-40(20-18-39)32(23-9-13-25(34)14-10-23)24-11-15-26(35)16-12-24/h2-16,21,32H,17-20,22H2,1H3,(H,36,37,38). The van der Waals surface area contributed by atoms with E-state index in [-0.39, 0.29) is 6.04 Å². The summed E-state index contributed by atoms with van der Waals surface area (Å²) in [6, 6.07) is 32.4. The van der Waals surface area contributed by atoms with Gasteiger partial charge in [-0.15, -0.1) is 0 Å². The van der Waals surface area contributed by atoms with Crippen LogP contribution in [0.3, 0.4) is 0 Å². The van der Waals surface area contributed by atoms with Crippen LogP contribution in [0.5, 0.6) is 5.75 Å². The van der Waals surface area contributed by atoms with Crippen molar-refractivity contribution in [3.8, 4) is 5.75 Å². The predicted molar refractivity (Wildman–Crippen MR) is 167 cm³/mol. The maximum absolute atomic E-state index is 6.21. The van der Waals surface area contributed by atoms with E-state index < -0.39 is 0 Å². The normalized spacial score (nSPS) is 14.4. The van der Waals surface area contributed by atoms with Gasteiger partial charge in [-0.3, -0.25) is 9.80 Å². The third-order valence-corrected chi connectivity index (χ3v) is 7.99. The Balaban J connectivity index is 1.20. The highest BCUT2D eigenvalue weighted by Crippen LogP contribution is 2.32. The summed E-state index contributed by atoms with van der Waals surface area (Å²) in [6.07, 6.45) is 0. The second-order valence-electron chi connectivity index (χ2n) is 10.2. The number of anilines is 2. The lowest BCUT2D eigenvalue weighted by molar-refractivity contribution is 0.103. The Morgan fingerprint density at radius 2 is 1.44 bits per heavy atom. The number of benzene rings is 4. The second kappa shape index (κ2) is 12.5. The molecule has 2 heterocycles. The number of nitrogens with one attached hydrogen (secondary N) is 1. The SMILES string of the molecule is COc1cccc(Nc2nc(CN3CCN(C(c4ccc(Cl)cc4)c4ccc(Cl)cc4)CC3)nc3ccccc23)c1. The minimum Gasteiger partial charge on any atom is -0.497 e. The van der Waals surface area contributed by atoms with Gasteiger partial charge in [0.15, 0.2) is 0 Å². The van der Waals surface area contributed by atoms with Crippen LogP contribution in [0.1, 0.15) is 23.0 Å². The Labute approximate surface area is 250 Å². The third kappa shape index (κ3) is 6.47. The highest BCUT2D eigenvalue weighted by atomic mass is 35.5. The summed E-state index contributed by atoms with van der Waals surface area (Å²) >= 11 is 12.4. The Morgan fingerprint density at radius 1 is 0.780 bits per heavy atom. The van der Waals surface area contributed by atoms with Crippen molar-refractivity contribution in [2.24, 2.45) is 0 Å². The van der Waals surface area contributed by atoms with E-state index in [0.29, 0.717) is 6.54 Å². The summed E-state index contributed by atoms with van der Waals surface area (Å²) in [5.74, 6) is 2.39. The first-order valence-corrected chi connectivity index (χ1v) is 14.5. The van der Waals surface area contributed by atoms with Gasteiger partial charge < -0.3 is 10.1 Å². The maximum Gasteiger partial charge on any atom is 0.145 e. The molecule has 0 atom stereocenters. The molecule has 1 aliphatic rings. The van der Waals surface area contributed by atoms with Gasteiger partial charge in [0.2, 0.25) is 0 Å². The van der Waals surface area contributed by atoms with Crippen molar-refractivity contribution in [1.29, 1.82) is 0 Å². The molecule has 1 aromatic heterocycles. The van der Waals surface area contributed by atoms with Crippen LogP contribution >= 0.6 is 23.2 Å². The predicted octanol–water partition coefficient (Wildman–Crippen LogP) is 7.60. The van der Waals surface area contributed by atoms with Gasteiger partial charge >= 0.3 is 0 Å². The maximum atomic E-state index is 6.21. The van der Waals surface area contributed by atoms with Crippen LogP contribution in [0.2, 0.25) is 10.0 Å². The van der Waals surface area contributed by atoms with Crippen LogP contribution < -0.4 is 10.1 Å². The number of nitrogens with zero attached hydrogens (tertiary/aromatic N) is 4. The van der Waals surface area contributed by atoms with Crippen LogP contribution in [-0.4, -0.2) is 53.1 Å². The Bertz CT molecular complexity index is 1570. The number of para-hydroxylation sites is 1. The van der Waals surface area contributed by atoms with Crippen LogP contribution in [-0.2, 0) is 6.54 Å². The molecule has 0 radical (unpaired) electrons. The molecule has 0 spiro atoms. The molecule has 1 N–H and O–H groups in total. The molecule has 208 valence electrons. The van der Waals surface area contributed by atoms with E-state index in [2.05, 4.69) is 39.4 Å². The van der Waals surface area contributed by atoms with E-state index in [1.165, 1.54) is 11.1 Å². The first-order valence-electron chi connectivity index (χ1n) is 13.7. The molecule has 0 unspecified atom stereocenters. The lowest BCUT2D eigenvalue weighted by Crippen LogP contribution is -2.47.